The third-order valence-electron chi connectivity index (χ3n) is 3.19. The fourth-order valence-electron chi connectivity index (χ4n) is 1.98. The minimum atomic E-state index is -0.216. The highest BCUT2D eigenvalue weighted by Crippen LogP contribution is 2.19. The highest BCUT2D eigenvalue weighted by atomic mass is 16.5. The fraction of sp³-hybridized carbons (Fsp3) is 0.429. The number of nitrogens with zero attached hydrogens (tertiary/aromatic N) is 4. The third-order valence-corrected chi connectivity index (χ3v) is 3.19. The number of methoxy groups -OCH3 is 1. The standard InChI is InChI=1S/C14H19N5O2/c1-9(2)12(13-16-8-17-19(13)3)18-14(20)10-5-6-11(21-4)15-7-10/h5-9,12H,1-4H3,(H,18,20). The lowest BCUT2D eigenvalue weighted by atomic mass is 10.0. The van der Waals surface area contributed by atoms with E-state index in [-0.39, 0.29) is 17.9 Å². The van der Waals surface area contributed by atoms with Gasteiger partial charge in [-0.05, 0) is 12.0 Å². The lowest BCUT2D eigenvalue weighted by molar-refractivity contribution is 0.0921. The fourth-order valence-corrected chi connectivity index (χ4v) is 1.98. The van der Waals surface area contributed by atoms with Crippen molar-refractivity contribution in [1.29, 1.82) is 0 Å². The van der Waals surface area contributed by atoms with Crippen LogP contribution in [0, 0.1) is 5.92 Å². The molecule has 2 heterocycles. The number of hydrogen-bond donors (Lipinski definition) is 1. The van der Waals surface area contributed by atoms with Crippen LogP contribution in [-0.2, 0) is 7.05 Å². The van der Waals surface area contributed by atoms with Crippen LogP contribution in [-0.4, -0.2) is 32.8 Å². The zero-order valence-corrected chi connectivity index (χ0v) is 12.6. The first kappa shape index (κ1) is 15.0. The van der Waals surface area contributed by atoms with Crippen molar-refractivity contribution in [2.75, 3.05) is 7.11 Å². The van der Waals surface area contributed by atoms with Crippen LogP contribution in [0.2, 0.25) is 0 Å². The second-order valence-corrected chi connectivity index (χ2v) is 5.03. The summed E-state index contributed by atoms with van der Waals surface area (Å²) in [7, 11) is 3.34. The van der Waals surface area contributed by atoms with E-state index in [1.807, 2.05) is 13.8 Å². The molecular formula is C14H19N5O2. The molecule has 21 heavy (non-hydrogen) atoms. The Bertz CT molecular complexity index is 606. The van der Waals surface area contributed by atoms with E-state index in [2.05, 4.69) is 20.4 Å². The van der Waals surface area contributed by atoms with Crippen LogP contribution < -0.4 is 10.1 Å². The Morgan fingerprint density at radius 3 is 2.57 bits per heavy atom. The number of nitrogens with one attached hydrogen (secondary N) is 1. The van der Waals surface area contributed by atoms with Gasteiger partial charge in [0.1, 0.15) is 12.2 Å². The van der Waals surface area contributed by atoms with Gasteiger partial charge in [0.2, 0.25) is 5.88 Å². The van der Waals surface area contributed by atoms with Gasteiger partial charge in [-0.1, -0.05) is 13.8 Å². The number of amides is 1. The number of ether oxygens (including phenoxy) is 1. The van der Waals surface area contributed by atoms with Gasteiger partial charge in [0.25, 0.3) is 5.91 Å². The second-order valence-electron chi connectivity index (χ2n) is 5.03. The van der Waals surface area contributed by atoms with E-state index in [1.165, 1.54) is 19.6 Å². The quantitative estimate of drug-likeness (QED) is 0.898. The first-order valence-corrected chi connectivity index (χ1v) is 6.67. The minimum Gasteiger partial charge on any atom is -0.481 e. The molecule has 2 aromatic heterocycles. The maximum Gasteiger partial charge on any atom is 0.253 e. The van der Waals surface area contributed by atoms with Crippen LogP contribution in [0.15, 0.2) is 24.7 Å². The first-order valence-electron chi connectivity index (χ1n) is 6.67. The number of hydrogen-bond acceptors (Lipinski definition) is 5. The molecule has 112 valence electrons. The summed E-state index contributed by atoms with van der Waals surface area (Å²) in [6.45, 7) is 4.04. The molecule has 0 aliphatic heterocycles. The molecule has 7 heteroatoms. The number of rotatable bonds is 5. The summed E-state index contributed by atoms with van der Waals surface area (Å²) in [5, 5.41) is 7.02. The predicted octanol–water partition coefficient (Wildman–Crippen LogP) is 1.35. The monoisotopic (exact) mass is 289 g/mol. The summed E-state index contributed by atoms with van der Waals surface area (Å²) >= 11 is 0. The molecule has 0 radical (unpaired) electrons. The van der Waals surface area contributed by atoms with E-state index in [4.69, 9.17) is 4.74 Å². The number of carbonyl (C=O) groups is 1. The van der Waals surface area contributed by atoms with E-state index < -0.39 is 0 Å². The van der Waals surface area contributed by atoms with Crippen molar-refractivity contribution in [1.82, 2.24) is 25.1 Å². The van der Waals surface area contributed by atoms with E-state index in [0.717, 1.165) is 5.82 Å². The number of carbonyl (C=O) groups excluding carboxylic acids is 1. The van der Waals surface area contributed by atoms with Gasteiger partial charge in [0.15, 0.2) is 0 Å². The van der Waals surface area contributed by atoms with Crippen molar-refractivity contribution in [3.63, 3.8) is 0 Å². The summed E-state index contributed by atoms with van der Waals surface area (Å²) in [4.78, 5) is 20.6. The van der Waals surface area contributed by atoms with Gasteiger partial charge in [-0.15, -0.1) is 0 Å². The molecule has 2 aromatic rings. The molecule has 1 atom stereocenters. The van der Waals surface area contributed by atoms with Gasteiger partial charge in [0.05, 0.1) is 18.7 Å². The Morgan fingerprint density at radius 1 is 1.33 bits per heavy atom. The molecule has 2 rings (SSSR count). The molecule has 1 N–H and O–H groups in total. The molecule has 0 saturated carbocycles. The van der Waals surface area contributed by atoms with Crippen LogP contribution in [0.3, 0.4) is 0 Å². The van der Waals surface area contributed by atoms with Crippen molar-refractivity contribution in [2.24, 2.45) is 13.0 Å². The van der Waals surface area contributed by atoms with Crippen LogP contribution in [0.5, 0.6) is 5.88 Å². The molecule has 0 aromatic carbocycles. The Balaban J connectivity index is 2.16. The van der Waals surface area contributed by atoms with Crippen LogP contribution in [0.1, 0.15) is 36.1 Å². The lowest BCUT2D eigenvalue weighted by Crippen LogP contribution is -2.33. The molecule has 0 aliphatic carbocycles. The van der Waals surface area contributed by atoms with Gasteiger partial charge >= 0.3 is 0 Å². The number of pyridine rings is 1. The summed E-state index contributed by atoms with van der Waals surface area (Å²) in [5.74, 6) is 1.18. The molecule has 7 nitrogen and oxygen atoms in total. The molecule has 0 spiro atoms. The van der Waals surface area contributed by atoms with Crippen LogP contribution in [0.25, 0.3) is 0 Å². The molecule has 1 unspecified atom stereocenters. The Hall–Kier alpha value is -2.44. The topological polar surface area (TPSA) is 81.9 Å². The predicted molar refractivity (Wildman–Crippen MR) is 76.8 cm³/mol. The van der Waals surface area contributed by atoms with Gasteiger partial charge in [-0.2, -0.15) is 5.10 Å². The van der Waals surface area contributed by atoms with Crippen molar-refractivity contribution in [3.8, 4) is 5.88 Å². The zero-order chi connectivity index (χ0) is 15.4. The maximum atomic E-state index is 12.3. The minimum absolute atomic E-state index is 0.183. The first-order chi connectivity index (χ1) is 10.0. The van der Waals surface area contributed by atoms with E-state index in [9.17, 15) is 4.79 Å². The largest absolute Gasteiger partial charge is 0.481 e. The summed E-state index contributed by atoms with van der Waals surface area (Å²) in [6.07, 6.45) is 2.97. The highest BCUT2D eigenvalue weighted by Gasteiger charge is 2.23. The van der Waals surface area contributed by atoms with Crippen molar-refractivity contribution in [3.05, 3.63) is 36.0 Å². The van der Waals surface area contributed by atoms with Gasteiger partial charge in [-0.25, -0.2) is 9.97 Å². The normalized spacial score (nSPS) is 12.2. The molecule has 0 saturated heterocycles. The number of aromatic nitrogens is 4. The summed E-state index contributed by atoms with van der Waals surface area (Å²) in [6, 6.07) is 3.11. The van der Waals surface area contributed by atoms with Crippen molar-refractivity contribution >= 4 is 5.91 Å². The van der Waals surface area contributed by atoms with E-state index >= 15 is 0 Å². The molecule has 0 bridgehead atoms. The van der Waals surface area contributed by atoms with E-state index in [0.29, 0.717) is 11.4 Å². The zero-order valence-electron chi connectivity index (χ0n) is 12.6. The smallest absolute Gasteiger partial charge is 0.253 e. The summed E-state index contributed by atoms with van der Waals surface area (Å²) in [5.41, 5.74) is 0.476. The Kier molecular flexibility index (Phi) is 4.52. The Labute approximate surface area is 123 Å². The Morgan fingerprint density at radius 2 is 2.10 bits per heavy atom. The van der Waals surface area contributed by atoms with Gasteiger partial charge in [-0.3, -0.25) is 9.48 Å². The summed E-state index contributed by atoms with van der Waals surface area (Å²) < 4.78 is 6.64. The van der Waals surface area contributed by atoms with Crippen LogP contribution in [0.4, 0.5) is 0 Å². The SMILES string of the molecule is COc1ccc(C(=O)NC(c2ncnn2C)C(C)C)cn1. The second kappa shape index (κ2) is 6.34. The lowest BCUT2D eigenvalue weighted by Gasteiger charge is -2.21. The van der Waals surface area contributed by atoms with Gasteiger partial charge in [0, 0.05) is 19.3 Å². The van der Waals surface area contributed by atoms with Gasteiger partial charge < -0.3 is 10.1 Å². The number of aryl methyl sites for hydroxylation is 1. The average molecular weight is 289 g/mol. The van der Waals surface area contributed by atoms with Crippen molar-refractivity contribution in [2.45, 2.75) is 19.9 Å². The molecule has 0 aliphatic rings. The maximum absolute atomic E-state index is 12.3. The average Bonchev–Trinajstić information content (AvgIpc) is 2.90. The van der Waals surface area contributed by atoms with Crippen molar-refractivity contribution < 1.29 is 9.53 Å². The van der Waals surface area contributed by atoms with E-state index in [1.54, 1.807) is 23.9 Å². The third kappa shape index (κ3) is 3.36. The molecule has 0 fully saturated rings. The molecule has 1 amide bonds. The highest BCUT2D eigenvalue weighted by molar-refractivity contribution is 5.94. The van der Waals surface area contributed by atoms with Crippen LogP contribution >= 0.6 is 0 Å². The molecular weight excluding hydrogens is 270 g/mol.